The average Bonchev–Trinajstić information content (AvgIpc) is 2.84. The van der Waals surface area contributed by atoms with E-state index in [-0.39, 0.29) is 11.9 Å². The maximum atomic E-state index is 11.6. The fourth-order valence-corrected chi connectivity index (χ4v) is 3.20. The van der Waals surface area contributed by atoms with Crippen molar-refractivity contribution in [3.63, 3.8) is 0 Å². The van der Waals surface area contributed by atoms with Gasteiger partial charge >= 0.3 is 11.9 Å². The molecule has 0 radical (unpaired) electrons. The summed E-state index contributed by atoms with van der Waals surface area (Å²) in [5.41, 5.74) is 4.77. The summed E-state index contributed by atoms with van der Waals surface area (Å²) in [6.45, 7) is 4.26. The molecule has 5 heteroatoms. The van der Waals surface area contributed by atoms with Crippen LogP contribution in [0.2, 0.25) is 0 Å². The fourth-order valence-electron chi connectivity index (χ4n) is 3.20. The first kappa shape index (κ1) is 23.5. The minimum absolute atomic E-state index is 0.353. The van der Waals surface area contributed by atoms with Crippen LogP contribution >= 0.6 is 0 Å². The third-order valence-electron chi connectivity index (χ3n) is 4.71. The van der Waals surface area contributed by atoms with Gasteiger partial charge in [0.2, 0.25) is 0 Å². The Kier molecular flexibility index (Phi) is 8.60. The van der Waals surface area contributed by atoms with Crippen molar-refractivity contribution in [3.8, 4) is 0 Å². The molecule has 5 nitrogen and oxygen atoms in total. The molecule has 33 heavy (non-hydrogen) atoms. The van der Waals surface area contributed by atoms with Gasteiger partial charge in [0, 0.05) is 29.2 Å². The Hall–Kier alpha value is -4.12. The molecule has 0 aliphatic carbocycles. The highest BCUT2D eigenvalue weighted by Gasteiger charge is 2.12. The Morgan fingerprint density at radius 3 is 1.42 bits per heavy atom. The number of para-hydroxylation sites is 1. The Balaban J connectivity index is 1.86. The molecular formula is C28H27NO4. The molecule has 0 heterocycles. The second-order valence-corrected chi connectivity index (χ2v) is 7.02. The molecule has 168 valence electrons. The van der Waals surface area contributed by atoms with E-state index in [2.05, 4.69) is 4.90 Å². The van der Waals surface area contributed by atoms with E-state index in [1.165, 1.54) is 12.2 Å². The van der Waals surface area contributed by atoms with Crippen LogP contribution in [0.4, 0.5) is 17.1 Å². The highest BCUT2D eigenvalue weighted by molar-refractivity contribution is 5.88. The zero-order chi connectivity index (χ0) is 23.5. The minimum atomic E-state index is -0.357. The Morgan fingerprint density at radius 2 is 1.03 bits per heavy atom. The second kappa shape index (κ2) is 12.1. The highest BCUT2D eigenvalue weighted by atomic mass is 16.5. The molecule has 3 rings (SSSR count). The molecular weight excluding hydrogens is 414 g/mol. The first-order valence-corrected chi connectivity index (χ1v) is 10.9. The number of rotatable bonds is 9. The first-order chi connectivity index (χ1) is 16.1. The third-order valence-corrected chi connectivity index (χ3v) is 4.71. The van der Waals surface area contributed by atoms with Gasteiger partial charge in [0.1, 0.15) is 0 Å². The quantitative estimate of drug-likeness (QED) is 0.288. The van der Waals surface area contributed by atoms with Gasteiger partial charge in [0.25, 0.3) is 0 Å². The van der Waals surface area contributed by atoms with Crippen molar-refractivity contribution >= 4 is 41.2 Å². The molecule has 0 spiro atoms. The number of nitrogens with zero attached hydrogens (tertiary/aromatic N) is 1. The summed E-state index contributed by atoms with van der Waals surface area (Å²) in [6, 6.07) is 25.9. The largest absolute Gasteiger partial charge is 0.463 e. The van der Waals surface area contributed by atoms with Crippen LogP contribution in [0.15, 0.2) is 91.0 Å². The normalized spacial score (nSPS) is 11.0. The molecule has 0 N–H and O–H groups in total. The predicted molar refractivity (Wildman–Crippen MR) is 132 cm³/mol. The number of hydrogen-bond donors (Lipinski definition) is 0. The number of carbonyl (C=O) groups excluding carboxylic acids is 2. The van der Waals surface area contributed by atoms with Gasteiger partial charge in [-0.15, -0.1) is 0 Å². The van der Waals surface area contributed by atoms with E-state index >= 15 is 0 Å². The summed E-state index contributed by atoms with van der Waals surface area (Å²) in [5.74, 6) is -0.714. The zero-order valence-corrected chi connectivity index (χ0v) is 18.8. The van der Waals surface area contributed by atoms with Crippen molar-refractivity contribution < 1.29 is 19.1 Å². The van der Waals surface area contributed by atoms with Crippen LogP contribution in [0.25, 0.3) is 12.2 Å². The molecule has 0 atom stereocenters. The predicted octanol–water partition coefficient (Wildman–Crippen LogP) is 6.31. The number of hydrogen-bond acceptors (Lipinski definition) is 5. The van der Waals surface area contributed by atoms with Crippen LogP contribution in [-0.2, 0) is 19.1 Å². The van der Waals surface area contributed by atoms with Crippen LogP contribution in [0, 0.1) is 0 Å². The number of anilines is 3. The first-order valence-electron chi connectivity index (χ1n) is 10.9. The molecule has 0 fully saturated rings. The van der Waals surface area contributed by atoms with Crippen molar-refractivity contribution in [3.05, 3.63) is 102 Å². The highest BCUT2D eigenvalue weighted by Crippen LogP contribution is 2.34. The molecule has 0 saturated heterocycles. The van der Waals surface area contributed by atoms with E-state index in [4.69, 9.17) is 9.47 Å². The van der Waals surface area contributed by atoms with Crippen molar-refractivity contribution in [2.24, 2.45) is 0 Å². The third kappa shape index (κ3) is 6.94. The van der Waals surface area contributed by atoms with E-state index in [0.29, 0.717) is 13.2 Å². The average molecular weight is 442 g/mol. The fraction of sp³-hybridized carbons (Fsp3) is 0.143. The molecule has 0 aliphatic rings. The van der Waals surface area contributed by atoms with Gasteiger partial charge in [-0.3, -0.25) is 0 Å². The Bertz CT molecular complexity index is 1030. The summed E-state index contributed by atoms with van der Waals surface area (Å²) in [5, 5.41) is 0. The van der Waals surface area contributed by atoms with Crippen LogP contribution < -0.4 is 4.90 Å². The summed E-state index contributed by atoms with van der Waals surface area (Å²) in [7, 11) is 0. The lowest BCUT2D eigenvalue weighted by molar-refractivity contribution is -0.138. The minimum Gasteiger partial charge on any atom is -0.463 e. The maximum Gasteiger partial charge on any atom is 0.330 e. The second-order valence-electron chi connectivity index (χ2n) is 7.02. The number of ether oxygens (including phenoxy) is 2. The van der Waals surface area contributed by atoms with Crippen molar-refractivity contribution in [2.75, 3.05) is 18.1 Å². The van der Waals surface area contributed by atoms with E-state index in [1.54, 1.807) is 26.0 Å². The molecule has 3 aromatic rings. The number of benzene rings is 3. The van der Waals surface area contributed by atoms with Crippen molar-refractivity contribution in [1.29, 1.82) is 0 Å². The standard InChI is InChI=1S/C28H27NO4/c1-3-32-27(30)20-14-22-10-16-25(17-11-22)29(24-8-6-5-7-9-24)26-18-12-23(13-19-26)15-21-28(31)33-4-2/h5-21H,3-4H2,1-2H3. The number of carbonyl (C=O) groups is 2. The molecule has 0 bridgehead atoms. The van der Waals surface area contributed by atoms with Crippen LogP contribution in [0.1, 0.15) is 25.0 Å². The summed E-state index contributed by atoms with van der Waals surface area (Å²) in [4.78, 5) is 25.3. The monoisotopic (exact) mass is 441 g/mol. The smallest absolute Gasteiger partial charge is 0.330 e. The van der Waals surface area contributed by atoms with Gasteiger partial charge in [-0.05, 0) is 73.5 Å². The lowest BCUT2D eigenvalue weighted by atomic mass is 10.1. The van der Waals surface area contributed by atoms with Gasteiger partial charge in [0.15, 0.2) is 0 Å². The summed E-state index contributed by atoms with van der Waals surface area (Å²) in [6.07, 6.45) is 6.32. The van der Waals surface area contributed by atoms with Crippen LogP contribution in [-0.4, -0.2) is 25.2 Å². The molecule has 0 amide bonds. The van der Waals surface area contributed by atoms with E-state index < -0.39 is 0 Å². The van der Waals surface area contributed by atoms with Crippen LogP contribution in [0.3, 0.4) is 0 Å². The Morgan fingerprint density at radius 1 is 0.636 bits per heavy atom. The van der Waals surface area contributed by atoms with Crippen LogP contribution in [0.5, 0.6) is 0 Å². The van der Waals surface area contributed by atoms with Gasteiger partial charge in [0.05, 0.1) is 13.2 Å². The summed E-state index contributed by atoms with van der Waals surface area (Å²) < 4.78 is 9.86. The van der Waals surface area contributed by atoms with Gasteiger partial charge < -0.3 is 14.4 Å². The molecule has 3 aromatic carbocycles. The molecule has 0 saturated carbocycles. The zero-order valence-electron chi connectivity index (χ0n) is 18.8. The van der Waals surface area contributed by atoms with E-state index in [0.717, 1.165) is 28.2 Å². The Labute approximate surface area is 194 Å². The topological polar surface area (TPSA) is 55.8 Å². The molecule has 0 unspecified atom stereocenters. The van der Waals surface area contributed by atoms with E-state index in [9.17, 15) is 9.59 Å². The number of esters is 2. The van der Waals surface area contributed by atoms with Gasteiger partial charge in [-0.1, -0.05) is 42.5 Å². The van der Waals surface area contributed by atoms with Gasteiger partial charge in [-0.25, -0.2) is 9.59 Å². The molecule has 0 aliphatic heterocycles. The summed E-state index contributed by atoms with van der Waals surface area (Å²) >= 11 is 0. The molecule has 0 aromatic heterocycles. The van der Waals surface area contributed by atoms with Crippen molar-refractivity contribution in [1.82, 2.24) is 0 Å². The van der Waals surface area contributed by atoms with Gasteiger partial charge in [-0.2, -0.15) is 0 Å². The lowest BCUT2D eigenvalue weighted by Gasteiger charge is -2.25. The SMILES string of the molecule is CCOC(=O)C=Cc1ccc(N(c2ccccc2)c2ccc(C=CC(=O)OCC)cc2)cc1. The maximum absolute atomic E-state index is 11.6. The van der Waals surface area contributed by atoms with Crippen molar-refractivity contribution in [2.45, 2.75) is 13.8 Å². The van der Waals surface area contributed by atoms with E-state index in [1.807, 2.05) is 78.9 Å². The lowest BCUT2D eigenvalue weighted by Crippen LogP contribution is -2.09.